The van der Waals surface area contributed by atoms with E-state index in [1.165, 1.54) is 16.7 Å². The molecule has 2 aromatic rings. The monoisotopic (exact) mass is 539 g/mol. The zero-order valence-corrected chi connectivity index (χ0v) is 19.7. The van der Waals surface area contributed by atoms with E-state index in [-0.39, 0.29) is 31.4 Å². The van der Waals surface area contributed by atoms with Crippen LogP contribution in [0.2, 0.25) is 0 Å². The average molecular weight is 539 g/mol. The number of rotatable bonds is 6. The second-order valence-electron chi connectivity index (χ2n) is 7.69. The minimum Gasteiger partial charge on any atom is -0.407 e. The Hall–Kier alpha value is -3.16. The van der Waals surface area contributed by atoms with Crippen molar-refractivity contribution >= 4 is 35.3 Å². The lowest BCUT2D eigenvalue weighted by atomic mass is 10.1. The molecular weight excluding hydrogens is 519 g/mol. The van der Waals surface area contributed by atoms with Gasteiger partial charge >= 0.3 is 24.5 Å². The normalized spacial score (nSPS) is 14.4. The maximum absolute atomic E-state index is 13.9. The Kier molecular flexibility index (Phi) is 7.96. The Morgan fingerprint density at radius 1 is 1.06 bits per heavy atom. The smallest absolute Gasteiger partial charge is 0.407 e. The molecule has 0 N–H and O–H groups in total. The molecule has 0 radical (unpaired) electrons. The van der Waals surface area contributed by atoms with Gasteiger partial charge in [0.25, 0.3) is 0 Å². The van der Waals surface area contributed by atoms with Crippen LogP contribution in [0.5, 0.6) is 5.75 Å². The first-order chi connectivity index (χ1) is 16.7. The van der Waals surface area contributed by atoms with Gasteiger partial charge in [0.2, 0.25) is 0 Å². The number of amides is 3. The van der Waals surface area contributed by atoms with Crippen LogP contribution in [0.1, 0.15) is 11.1 Å². The highest BCUT2D eigenvalue weighted by atomic mass is 32.2. The molecule has 3 rings (SSSR count). The van der Waals surface area contributed by atoms with Gasteiger partial charge in [-0.3, -0.25) is 9.80 Å². The van der Waals surface area contributed by atoms with E-state index in [0.29, 0.717) is 11.8 Å². The molecule has 0 bridgehead atoms. The first-order valence-electron chi connectivity index (χ1n) is 10.3. The Balaban J connectivity index is 2.10. The summed E-state index contributed by atoms with van der Waals surface area (Å²) in [7, 11) is 1.12. The summed E-state index contributed by atoms with van der Waals surface area (Å²) in [5.41, 5.74) is -4.33. The zero-order valence-electron chi connectivity index (χ0n) is 18.9. The van der Waals surface area contributed by atoms with Gasteiger partial charge in [0.05, 0.1) is 11.3 Å². The number of carbonyl (C=O) groups excluding carboxylic acids is 2. The van der Waals surface area contributed by atoms with Crippen molar-refractivity contribution in [3.05, 3.63) is 53.3 Å². The average Bonchev–Trinajstić information content (AvgIpc) is 3.16. The molecule has 3 amide bonds. The Morgan fingerprint density at radius 2 is 1.69 bits per heavy atom. The first-order valence-corrected chi connectivity index (χ1v) is 11.7. The second-order valence-corrected chi connectivity index (χ2v) is 8.67. The van der Waals surface area contributed by atoms with Crippen molar-refractivity contribution in [2.75, 3.05) is 48.5 Å². The van der Waals surface area contributed by atoms with Crippen LogP contribution in [0.3, 0.4) is 0 Å². The van der Waals surface area contributed by atoms with Crippen molar-refractivity contribution in [1.82, 2.24) is 4.90 Å². The van der Waals surface area contributed by atoms with Crippen molar-refractivity contribution in [1.29, 1.82) is 0 Å². The van der Waals surface area contributed by atoms with Crippen LogP contribution in [-0.4, -0.2) is 55.7 Å². The fraction of sp³-hybridized carbons (Fsp3) is 0.364. The minimum atomic E-state index is -5.36. The number of hydrogen-bond donors (Lipinski definition) is 0. The fourth-order valence-electron chi connectivity index (χ4n) is 3.44. The number of hydrogen-bond acceptors (Lipinski definition) is 4. The van der Waals surface area contributed by atoms with Crippen molar-refractivity contribution < 1.29 is 45.1 Å². The van der Waals surface area contributed by atoms with Crippen LogP contribution in [0, 0.1) is 5.82 Å². The third kappa shape index (κ3) is 5.97. The number of thioether (sulfide) groups is 1. The predicted molar refractivity (Wildman–Crippen MR) is 120 cm³/mol. The van der Waals surface area contributed by atoms with E-state index in [1.807, 2.05) is 0 Å². The Bertz CT molecular complexity index is 1120. The molecule has 1 aliphatic rings. The molecule has 1 heterocycles. The summed E-state index contributed by atoms with van der Waals surface area (Å²) in [6.45, 7) is 0.0635. The summed E-state index contributed by atoms with van der Waals surface area (Å²) in [5.74, 6) is -1.38. The molecule has 1 aliphatic heterocycles. The van der Waals surface area contributed by atoms with E-state index in [0.717, 1.165) is 41.1 Å². The van der Waals surface area contributed by atoms with Crippen LogP contribution in [0.15, 0.2) is 36.4 Å². The highest BCUT2D eigenvalue weighted by Crippen LogP contribution is 2.47. The quantitative estimate of drug-likeness (QED) is 0.416. The molecule has 1 fully saturated rings. The fourth-order valence-corrected chi connectivity index (χ4v) is 3.84. The van der Waals surface area contributed by atoms with Gasteiger partial charge in [-0.2, -0.15) is 38.1 Å². The van der Waals surface area contributed by atoms with E-state index in [2.05, 4.69) is 0 Å². The summed E-state index contributed by atoms with van der Waals surface area (Å²) in [6.07, 6.45) is -10.2. The van der Waals surface area contributed by atoms with Gasteiger partial charge in [0.15, 0.2) is 5.75 Å². The number of carbonyl (C=O) groups is 2. The number of nitrogens with zero attached hydrogens (tertiary/aromatic N) is 3. The summed E-state index contributed by atoms with van der Waals surface area (Å²) < 4.78 is 100. The van der Waals surface area contributed by atoms with Gasteiger partial charge in [0, 0.05) is 38.1 Å². The molecule has 0 atom stereocenters. The van der Waals surface area contributed by atoms with Gasteiger partial charge in [0.1, 0.15) is 11.4 Å². The lowest BCUT2D eigenvalue weighted by Gasteiger charge is -2.26. The molecule has 1 saturated heterocycles. The van der Waals surface area contributed by atoms with Crippen molar-refractivity contribution in [2.24, 2.45) is 0 Å². The number of anilines is 2. The van der Waals surface area contributed by atoms with Crippen LogP contribution in [-0.2, 0) is 12.4 Å². The van der Waals surface area contributed by atoms with Gasteiger partial charge in [-0.1, -0.05) is 0 Å². The third-order valence-electron chi connectivity index (χ3n) is 5.33. The summed E-state index contributed by atoms with van der Waals surface area (Å²) in [6, 6.07) is 3.67. The molecule has 36 heavy (non-hydrogen) atoms. The van der Waals surface area contributed by atoms with Crippen molar-refractivity contribution in [3.63, 3.8) is 0 Å². The van der Waals surface area contributed by atoms with Crippen molar-refractivity contribution in [3.8, 4) is 5.75 Å². The van der Waals surface area contributed by atoms with Crippen LogP contribution < -0.4 is 14.5 Å². The molecule has 0 aromatic heterocycles. The summed E-state index contributed by atoms with van der Waals surface area (Å²) >= 11 is 1.40. The molecule has 14 heteroatoms. The standard InChI is InChI=1S/C22H20F7N3O3S/c1-30(15-5-3-14(23)4-6-15)20(34)35-18-16(22(27,28)29)11-13(21(24,25)26)12-17(18)32-8-7-31(19(32)33)9-10-36-2/h3-6,11-12H,7-10H2,1-2H3. The molecule has 0 saturated carbocycles. The van der Waals surface area contributed by atoms with E-state index in [4.69, 9.17) is 4.74 Å². The molecular formula is C22H20F7N3O3S. The molecule has 0 aliphatic carbocycles. The van der Waals surface area contributed by atoms with Gasteiger partial charge in [-0.25, -0.2) is 14.0 Å². The van der Waals surface area contributed by atoms with Crippen LogP contribution >= 0.6 is 11.8 Å². The third-order valence-corrected chi connectivity index (χ3v) is 5.92. The number of alkyl halides is 6. The van der Waals surface area contributed by atoms with E-state index in [1.54, 1.807) is 6.26 Å². The van der Waals surface area contributed by atoms with Gasteiger partial charge in [-0.15, -0.1) is 0 Å². The molecule has 0 unspecified atom stereocenters. The lowest BCUT2D eigenvalue weighted by Crippen LogP contribution is -2.35. The topological polar surface area (TPSA) is 53.1 Å². The first kappa shape index (κ1) is 27.4. The van der Waals surface area contributed by atoms with Crippen molar-refractivity contribution in [2.45, 2.75) is 12.4 Å². The minimum absolute atomic E-state index is 0.0453. The molecule has 196 valence electrons. The lowest BCUT2D eigenvalue weighted by molar-refractivity contribution is -0.143. The zero-order chi connectivity index (χ0) is 26.8. The molecule has 0 spiro atoms. The van der Waals surface area contributed by atoms with E-state index < -0.39 is 52.9 Å². The molecule has 2 aromatic carbocycles. The Labute approximate surface area is 205 Å². The predicted octanol–water partition coefficient (Wildman–Crippen LogP) is 6.10. The number of ether oxygens (including phenoxy) is 1. The Morgan fingerprint density at radius 3 is 2.25 bits per heavy atom. The van der Waals surface area contributed by atoms with Crippen LogP contribution in [0.25, 0.3) is 0 Å². The van der Waals surface area contributed by atoms with Crippen LogP contribution in [0.4, 0.5) is 51.7 Å². The maximum atomic E-state index is 13.9. The molecule has 6 nitrogen and oxygen atoms in total. The van der Waals surface area contributed by atoms with E-state index >= 15 is 0 Å². The highest BCUT2D eigenvalue weighted by molar-refractivity contribution is 7.98. The second kappa shape index (κ2) is 10.4. The number of halogens is 7. The largest absolute Gasteiger partial charge is 0.420 e. The SMILES string of the molecule is CSCCN1CCN(c2cc(C(F)(F)F)cc(C(F)(F)F)c2OC(=O)N(C)c2ccc(F)cc2)C1=O. The van der Waals surface area contributed by atoms with Gasteiger partial charge < -0.3 is 9.64 Å². The van der Waals surface area contributed by atoms with E-state index in [9.17, 15) is 40.3 Å². The highest BCUT2D eigenvalue weighted by Gasteiger charge is 2.44. The number of benzene rings is 2. The summed E-state index contributed by atoms with van der Waals surface area (Å²) in [4.78, 5) is 28.3. The maximum Gasteiger partial charge on any atom is 0.420 e. The van der Waals surface area contributed by atoms with Gasteiger partial charge in [-0.05, 0) is 42.7 Å². The summed E-state index contributed by atoms with van der Waals surface area (Å²) in [5, 5.41) is 0. The number of urea groups is 1.